The van der Waals surface area contributed by atoms with E-state index >= 15 is 0 Å². The monoisotopic (exact) mass is 152 g/mol. The van der Waals surface area contributed by atoms with Gasteiger partial charge in [-0.1, -0.05) is 6.07 Å². The van der Waals surface area contributed by atoms with Gasteiger partial charge < -0.3 is 10.1 Å². The minimum atomic E-state index is 0.565. The molecule has 0 aliphatic rings. The zero-order valence-electron chi connectivity index (χ0n) is 6.79. The fourth-order valence-corrected chi connectivity index (χ4v) is 0.847. The predicted octanol–water partition coefficient (Wildman–Crippen LogP) is 1.27. The summed E-state index contributed by atoms with van der Waals surface area (Å²) in [6, 6.07) is 5.80. The lowest BCUT2D eigenvalue weighted by molar-refractivity contribution is 0.181. The van der Waals surface area contributed by atoms with Gasteiger partial charge in [-0.15, -0.1) is 0 Å². The second-order valence-electron chi connectivity index (χ2n) is 2.20. The molecule has 0 spiro atoms. The average molecular weight is 152 g/mol. The third-order valence-electron chi connectivity index (χ3n) is 1.36. The Kier molecular flexibility index (Phi) is 2.86. The van der Waals surface area contributed by atoms with E-state index in [4.69, 9.17) is 4.74 Å². The molecule has 1 N–H and O–H groups in total. The van der Waals surface area contributed by atoms with Crippen LogP contribution in [0.15, 0.2) is 18.2 Å². The zero-order valence-corrected chi connectivity index (χ0v) is 6.79. The van der Waals surface area contributed by atoms with Gasteiger partial charge in [-0.2, -0.15) is 0 Å². The van der Waals surface area contributed by atoms with E-state index in [0.29, 0.717) is 6.61 Å². The van der Waals surface area contributed by atoms with Crippen LogP contribution >= 0.6 is 0 Å². The van der Waals surface area contributed by atoms with Crippen LogP contribution in [0.25, 0.3) is 0 Å². The van der Waals surface area contributed by atoms with E-state index in [1.54, 1.807) is 7.11 Å². The Morgan fingerprint density at radius 1 is 1.55 bits per heavy atom. The van der Waals surface area contributed by atoms with Crippen molar-refractivity contribution in [2.24, 2.45) is 0 Å². The Labute approximate surface area is 66.4 Å². The maximum atomic E-state index is 4.94. The van der Waals surface area contributed by atoms with Crippen LogP contribution in [0.3, 0.4) is 0 Å². The Hall–Kier alpha value is -1.09. The quantitative estimate of drug-likeness (QED) is 0.708. The van der Waals surface area contributed by atoms with Crippen molar-refractivity contribution in [2.75, 3.05) is 19.5 Å². The SMILES string of the molecule is CNc1cccc(COC)n1. The molecule has 0 saturated carbocycles. The Morgan fingerprint density at radius 2 is 2.36 bits per heavy atom. The number of nitrogens with one attached hydrogen (secondary N) is 1. The largest absolute Gasteiger partial charge is 0.378 e. The van der Waals surface area contributed by atoms with E-state index < -0.39 is 0 Å². The first-order valence-electron chi connectivity index (χ1n) is 3.49. The van der Waals surface area contributed by atoms with E-state index in [9.17, 15) is 0 Å². The van der Waals surface area contributed by atoms with Gasteiger partial charge in [-0.05, 0) is 12.1 Å². The molecular weight excluding hydrogens is 140 g/mol. The molecule has 0 aliphatic heterocycles. The first-order chi connectivity index (χ1) is 5.36. The number of ether oxygens (including phenoxy) is 1. The summed E-state index contributed by atoms with van der Waals surface area (Å²) in [5.41, 5.74) is 0.944. The van der Waals surface area contributed by atoms with Gasteiger partial charge in [0, 0.05) is 14.2 Å². The lowest BCUT2D eigenvalue weighted by atomic mass is 10.3. The second-order valence-corrected chi connectivity index (χ2v) is 2.20. The van der Waals surface area contributed by atoms with Crippen LogP contribution in [0.5, 0.6) is 0 Å². The highest BCUT2D eigenvalue weighted by Gasteiger charge is 1.93. The van der Waals surface area contributed by atoms with Gasteiger partial charge in [0.05, 0.1) is 12.3 Å². The Bertz CT molecular complexity index is 225. The van der Waals surface area contributed by atoms with Crippen molar-refractivity contribution in [1.82, 2.24) is 4.98 Å². The van der Waals surface area contributed by atoms with E-state index in [2.05, 4.69) is 10.3 Å². The first-order valence-corrected chi connectivity index (χ1v) is 3.49. The second kappa shape index (κ2) is 3.93. The summed E-state index contributed by atoms with van der Waals surface area (Å²) in [5, 5.41) is 2.96. The number of anilines is 1. The molecule has 0 atom stereocenters. The highest BCUT2D eigenvalue weighted by Crippen LogP contribution is 2.03. The zero-order chi connectivity index (χ0) is 8.10. The molecule has 0 radical (unpaired) electrons. The van der Waals surface area contributed by atoms with Gasteiger partial charge in [-0.3, -0.25) is 0 Å². The van der Waals surface area contributed by atoms with Crippen LogP contribution < -0.4 is 5.32 Å². The molecule has 0 bridgehead atoms. The Morgan fingerprint density at radius 3 is 3.00 bits per heavy atom. The molecule has 0 saturated heterocycles. The smallest absolute Gasteiger partial charge is 0.126 e. The third-order valence-corrected chi connectivity index (χ3v) is 1.36. The van der Waals surface area contributed by atoms with E-state index in [1.165, 1.54) is 0 Å². The summed E-state index contributed by atoms with van der Waals surface area (Å²) in [5.74, 6) is 0.875. The number of hydrogen-bond acceptors (Lipinski definition) is 3. The molecular formula is C8H12N2O. The topological polar surface area (TPSA) is 34.1 Å². The van der Waals surface area contributed by atoms with Gasteiger partial charge in [0.15, 0.2) is 0 Å². The molecule has 1 aromatic rings. The Balaban J connectivity index is 2.74. The van der Waals surface area contributed by atoms with Gasteiger partial charge in [0.1, 0.15) is 5.82 Å². The molecule has 0 unspecified atom stereocenters. The van der Waals surface area contributed by atoms with Crippen LogP contribution in [-0.2, 0) is 11.3 Å². The summed E-state index contributed by atoms with van der Waals surface area (Å²) in [6.07, 6.45) is 0. The standard InChI is InChI=1S/C8H12N2O/c1-9-8-5-3-4-7(10-8)6-11-2/h3-5H,6H2,1-2H3,(H,9,10). The lowest BCUT2D eigenvalue weighted by Crippen LogP contribution is -1.96. The fraction of sp³-hybridized carbons (Fsp3) is 0.375. The van der Waals surface area contributed by atoms with Gasteiger partial charge in [0.2, 0.25) is 0 Å². The third kappa shape index (κ3) is 2.20. The van der Waals surface area contributed by atoms with E-state index in [0.717, 1.165) is 11.5 Å². The maximum absolute atomic E-state index is 4.94. The first kappa shape index (κ1) is 8.01. The normalized spacial score (nSPS) is 9.64. The molecule has 1 aromatic heterocycles. The summed E-state index contributed by atoms with van der Waals surface area (Å²) in [6.45, 7) is 0.565. The number of rotatable bonds is 3. The highest BCUT2D eigenvalue weighted by molar-refractivity contribution is 5.33. The highest BCUT2D eigenvalue weighted by atomic mass is 16.5. The van der Waals surface area contributed by atoms with Crippen LogP contribution in [0.4, 0.5) is 5.82 Å². The number of methoxy groups -OCH3 is 1. The van der Waals surface area contributed by atoms with Crippen LogP contribution in [0.1, 0.15) is 5.69 Å². The van der Waals surface area contributed by atoms with Gasteiger partial charge >= 0.3 is 0 Å². The van der Waals surface area contributed by atoms with Crippen molar-refractivity contribution in [3.05, 3.63) is 23.9 Å². The van der Waals surface area contributed by atoms with Crippen LogP contribution in [-0.4, -0.2) is 19.1 Å². The van der Waals surface area contributed by atoms with Crippen molar-refractivity contribution in [3.63, 3.8) is 0 Å². The molecule has 11 heavy (non-hydrogen) atoms. The van der Waals surface area contributed by atoms with E-state index in [-0.39, 0.29) is 0 Å². The molecule has 60 valence electrons. The molecule has 0 amide bonds. The number of nitrogens with zero attached hydrogens (tertiary/aromatic N) is 1. The van der Waals surface area contributed by atoms with Crippen molar-refractivity contribution >= 4 is 5.82 Å². The molecule has 1 rings (SSSR count). The average Bonchev–Trinajstić information content (AvgIpc) is 2.06. The number of hydrogen-bond donors (Lipinski definition) is 1. The number of aromatic nitrogens is 1. The van der Waals surface area contributed by atoms with Gasteiger partial charge in [-0.25, -0.2) is 4.98 Å². The maximum Gasteiger partial charge on any atom is 0.126 e. The van der Waals surface area contributed by atoms with Crippen molar-refractivity contribution in [1.29, 1.82) is 0 Å². The molecule has 3 nitrogen and oxygen atoms in total. The van der Waals surface area contributed by atoms with Crippen molar-refractivity contribution < 1.29 is 4.74 Å². The summed E-state index contributed by atoms with van der Waals surface area (Å²) >= 11 is 0. The fourth-order valence-electron chi connectivity index (χ4n) is 0.847. The van der Waals surface area contributed by atoms with Crippen LogP contribution in [0, 0.1) is 0 Å². The van der Waals surface area contributed by atoms with Gasteiger partial charge in [0.25, 0.3) is 0 Å². The molecule has 0 fully saturated rings. The molecule has 0 aromatic carbocycles. The molecule has 3 heteroatoms. The minimum Gasteiger partial charge on any atom is -0.378 e. The summed E-state index contributed by atoms with van der Waals surface area (Å²) in [7, 11) is 3.51. The number of pyridine rings is 1. The van der Waals surface area contributed by atoms with E-state index in [1.807, 2.05) is 25.2 Å². The minimum absolute atomic E-state index is 0.565. The van der Waals surface area contributed by atoms with Crippen LogP contribution in [0.2, 0.25) is 0 Å². The predicted molar refractivity (Wildman–Crippen MR) is 44.5 cm³/mol. The lowest BCUT2D eigenvalue weighted by Gasteiger charge is -2.01. The summed E-state index contributed by atoms with van der Waals surface area (Å²) in [4.78, 5) is 4.24. The molecule has 1 heterocycles. The molecule has 0 aliphatic carbocycles. The van der Waals surface area contributed by atoms with Crippen molar-refractivity contribution in [3.8, 4) is 0 Å². The van der Waals surface area contributed by atoms with Crippen molar-refractivity contribution in [2.45, 2.75) is 6.61 Å². The summed E-state index contributed by atoms with van der Waals surface area (Å²) < 4.78 is 4.94.